The smallest absolute Gasteiger partial charge is 0.325 e. The van der Waals surface area contributed by atoms with Crippen LogP contribution in [0.5, 0.6) is 0 Å². The van der Waals surface area contributed by atoms with Gasteiger partial charge < -0.3 is 31.0 Å². The fraction of sp³-hybridized carbons (Fsp3) is 0.444. The lowest BCUT2D eigenvalue weighted by atomic mass is 10.4. The minimum atomic E-state index is -3.98. The number of rotatable bonds is 6. The highest BCUT2D eigenvalue weighted by molar-refractivity contribution is 7.51. The molecule has 0 unspecified atom stereocenters. The predicted molar refractivity (Wildman–Crippen MR) is 71.7 cm³/mol. The van der Waals surface area contributed by atoms with E-state index in [9.17, 15) is 4.57 Å². The van der Waals surface area contributed by atoms with Gasteiger partial charge in [-0.3, -0.25) is 4.57 Å². The van der Waals surface area contributed by atoms with Crippen LogP contribution in [0.25, 0.3) is 11.2 Å². The molecule has 0 saturated heterocycles. The van der Waals surface area contributed by atoms with Gasteiger partial charge in [0.1, 0.15) is 5.52 Å². The lowest BCUT2D eigenvalue weighted by molar-refractivity contribution is 0.119. The van der Waals surface area contributed by atoms with Gasteiger partial charge in [0.15, 0.2) is 11.6 Å². The normalized spacial score (nSPS) is 12.1. The molecule has 2 aromatic rings. The van der Waals surface area contributed by atoms with E-state index in [1.54, 1.807) is 0 Å². The van der Waals surface area contributed by atoms with E-state index >= 15 is 0 Å². The van der Waals surface area contributed by atoms with Gasteiger partial charge in [0.05, 0.1) is 18.5 Å². The lowest BCUT2D eigenvalue weighted by Gasteiger charge is -2.06. The summed E-state index contributed by atoms with van der Waals surface area (Å²) in [5, 5.41) is 0. The molecule has 0 aliphatic carbocycles. The Bertz CT molecular complexity index is 653. The van der Waals surface area contributed by atoms with E-state index in [0.717, 1.165) is 0 Å². The maximum atomic E-state index is 10.7. The summed E-state index contributed by atoms with van der Waals surface area (Å²) in [6.45, 7) is 0.312. The third kappa shape index (κ3) is 3.87. The molecule has 0 saturated carbocycles. The second-order valence-corrected chi connectivity index (χ2v) is 5.92. The summed E-state index contributed by atoms with van der Waals surface area (Å²) in [6.07, 6.45) is 0.0322. The zero-order valence-electron chi connectivity index (χ0n) is 10.5. The maximum Gasteiger partial charge on any atom is 0.325 e. The van der Waals surface area contributed by atoms with Gasteiger partial charge in [0.2, 0.25) is 5.95 Å². The Morgan fingerprint density at radius 2 is 2.00 bits per heavy atom. The number of nitrogens with two attached hydrogens (primary N) is 2. The van der Waals surface area contributed by atoms with E-state index in [1.807, 2.05) is 0 Å². The van der Waals surface area contributed by atoms with Gasteiger partial charge in [0.25, 0.3) is 0 Å². The molecule has 11 heteroatoms. The molecule has 0 aromatic carbocycles. The van der Waals surface area contributed by atoms with Gasteiger partial charge in [-0.1, -0.05) is 0 Å². The molecule has 0 amide bonds. The summed E-state index contributed by atoms with van der Waals surface area (Å²) in [5.41, 5.74) is 12.5. The van der Waals surface area contributed by atoms with Crippen LogP contribution in [0.4, 0.5) is 11.9 Å². The number of H-pyrrole nitrogens is 1. The van der Waals surface area contributed by atoms with Gasteiger partial charge in [-0.25, -0.2) is 4.98 Å². The molecule has 20 heavy (non-hydrogen) atoms. The summed E-state index contributed by atoms with van der Waals surface area (Å²) in [4.78, 5) is 32.1. The van der Waals surface area contributed by atoms with E-state index < -0.39 is 7.60 Å². The highest BCUT2D eigenvalue weighted by Gasteiger charge is 2.13. The van der Waals surface area contributed by atoms with Gasteiger partial charge >= 0.3 is 7.60 Å². The summed E-state index contributed by atoms with van der Waals surface area (Å²) >= 11 is 0. The van der Waals surface area contributed by atoms with Gasteiger partial charge in [-0.2, -0.15) is 9.97 Å². The van der Waals surface area contributed by atoms with Crippen LogP contribution < -0.4 is 11.5 Å². The zero-order chi connectivity index (χ0) is 14.8. The number of nitrogens with zero attached hydrogens (tertiary/aromatic N) is 3. The Labute approximate surface area is 113 Å². The third-order valence-corrected chi connectivity index (χ3v) is 3.34. The molecule has 0 radical (unpaired) electrons. The third-order valence-electron chi connectivity index (χ3n) is 2.44. The van der Waals surface area contributed by atoms with Crippen molar-refractivity contribution in [2.75, 3.05) is 24.2 Å². The molecule has 0 aliphatic rings. The fourth-order valence-electron chi connectivity index (χ4n) is 1.64. The Kier molecular flexibility index (Phi) is 4.19. The van der Waals surface area contributed by atoms with Gasteiger partial charge in [-0.05, 0) is 6.42 Å². The molecule has 10 nitrogen and oxygen atoms in total. The van der Waals surface area contributed by atoms with E-state index in [4.69, 9.17) is 26.0 Å². The molecule has 0 aliphatic heterocycles. The lowest BCUT2D eigenvalue weighted by Crippen LogP contribution is -2.04. The first-order chi connectivity index (χ1) is 9.35. The highest BCUT2D eigenvalue weighted by Crippen LogP contribution is 2.34. The number of hydrogen-bond donors (Lipinski definition) is 5. The van der Waals surface area contributed by atoms with Crippen molar-refractivity contribution in [2.45, 2.75) is 13.0 Å². The molecule has 7 N–H and O–H groups in total. The standard InChI is InChI=1S/C9H15N6O4P/c10-8-12-5(4-19-2-1-3-20(16,17)18)6-7(14-8)15-9(11)13-6/h1-4H2,(H2,16,17,18)(H5,10,11,12,13,14,15). The van der Waals surface area contributed by atoms with Crippen LogP contribution in [-0.2, 0) is 15.9 Å². The van der Waals surface area contributed by atoms with Crippen LogP contribution in [-0.4, -0.2) is 42.5 Å². The van der Waals surface area contributed by atoms with Crippen LogP contribution >= 0.6 is 7.60 Å². The Morgan fingerprint density at radius 3 is 2.70 bits per heavy atom. The summed E-state index contributed by atoms with van der Waals surface area (Å²) < 4.78 is 16.0. The van der Waals surface area contributed by atoms with Crippen LogP contribution in [0.1, 0.15) is 12.1 Å². The van der Waals surface area contributed by atoms with Crippen LogP contribution in [0.15, 0.2) is 0 Å². The number of hydrogen-bond acceptors (Lipinski definition) is 7. The molecule has 0 fully saturated rings. The first-order valence-corrected chi connectivity index (χ1v) is 7.55. The molecule has 2 rings (SSSR count). The molecule has 2 heterocycles. The highest BCUT2D eigenvalue weighted by atomic mass is 31.2. The van der Waals surface area contributed by atoms with Crippen molar-refractivity contribution in [3.63, 3.8) is 0 Å². The number of ether oxygens (including phenoxy) is 1. The molecular weight excluding hydrogens is 287 g/mol. The quantitative estimate of drug-likeness (QED) is 0.351. The molecule has 0 atom stereocenters. The largest absolute Gasteiger partial charge is 0.375 e. The number of imidazole rings is 1. The first-order valence-electron chi connectivity index (χ1n) is 5.75. The van der Waals surface area contributed by atoms with Crippen molar-refractivity contribution < 1.29 is 19.1 Å². The monoisotopic (exact) mass is 302 g/mol. The summed E-state index contributed by atoms with van der Waals surface area (Å²) in [6, 6.07) is 0. The van der Waals surface area contributed by atoms with Crippen molar-refractivity contribution in [3.05, 3.63) is 5.69 Å². The molecule has 110 valence electrons. The first kappa shape index (κ1) is 14.7. The van der Waals surface area contributed by atoms with Gasteiger partial charge in [0, 0.05) is 6.61 Å². The SMILES string of the molecule is Nc1nc(COCCCP(=O)(O)O)c2[nH]c(N)nc2n1. The Balaban J connectivity index is 1.97. The second kappa shape index (κ2) is 5.71. The zero-order valence-corrected chi connectivity index (χ0v) is 11.4. The van der Waals surface area contributed by atoms with Gasteiger partial charge in [-0.15, -0.1) is 0 Å². The summed E-state index contributed by atoms with van der Waals surface area (Å²) in [7, 11) is -3.98. The predicted octanol–water partition coefficient (Wildman–Crippen LogP) is -0.398. The Morgan fingerprint density at radius 1 is 1.25 bits per heavy atom. The minimum Gasteiger partial charge on any atom is -0.375 e. The van der Waals surface area contributed by atoms with Crippen molar-refractivity contribution >= 4 is 30.7 Å². The average Bonchev–Trinajstić information content (AvgIpc) is 2.67. The number of aromatic amines is 1. The fourth-order valence-corrected chi connectivity index (χ4v) is 2.18. The van der Waals surface area contributed by atoms with E-state index in [2.05, 4.69) is 19.9 Å². The average molecular weight is 302 g/mol. The van der Waals surface area contributed by atoms with Crippen molar-refractivity contribution in [1.29, 1.82) is 0 Å². The Hall–Kier alpha value is -1.74. The van der Waals surface area contributed by atoms with E-state index in [1.165, 1.54) is 0 Å². The van der Waals surface area contributed by atoms with Crippen LogP contribution in [0.3, 0.4) is 0 Å². The number of nitrogens with one attached hydrogen (secondary N) is 1. The molecule has 2 aromatic heterocycles. The second-order valence-electron chi connectivity index (χ2n) is 4.14. The molecule has 0 spiro atoms. The van der Waals surface area contributed by atoms with Crippen molar-refractivity contribution in [2.24, 2.45) is 0 Å². The maximum absolute atomic E-state index is 10.7. The van der Waals surface area contributed by atoms with E-state index in [0.29, 0.717) is 16.9 Å². The number of nitrogen functional groups attached to an aromatic ring is 2. The summed E-state index contributed by atoms with van der Waals surface area (Å²) in [5.74, 6) is 0.250. The number of anilines is 2. The number of aromatic nitrogens is 4. The van der Waals surface area contributed by atoms with Crippen LogP contribution in [0, 0.1) is 0 Å². The van der Waals surface area contributed by atoms with E-state index in [-0.39, 0.29) is 37.7 Å². The van der Waals surface area contributed by atoms with Crippen molar-refractivity contribution in [1.82, 2.24) is 19.9 Å². The molecule has 0 bridgehead atoms. The van der Waals surface area contributed by atoms with Crippen LogP contribution in [0.2, 0.25) is 0 Å². The van der Waals surface area contributed by atoms with Crippen molar-refractivity contribution in [3.8, 4) is 0 Å². The topological polar surface area (TPSA) is 173 Å². The molecular formula is C9H15N6O4P. The minimum absolute atomic E-state index is 0.0535. The number of fused-ring (bicyclic) bond motifs is 1.